The number of ether oxygens (including phenoxy) is 1. The molecule has 1 unspecified atom stereocenters. The first-order valence-electron chi connectivity index (χ1n) is 6.88. The second kappa shape index (κ2) is 6.06. The maximum absolute atomic E-state index is 12.2. The van der Waals surface area contributed by atoms with Crippen LogP contribution in [0.25, 0.3) is 0 Å². The first-order chi connectivity index (χ1) is 9.09. The average Bonchev–Trinajstić information content (AvgIpc) is 2.56. The van der Waals surface area contributed by atoms with Gasteiger partial charge in [0.15, 0.2) is 0 Å². The summed E-state index contributed by atoms with van der Waals surface area (Å²) in [5.41, 5.74) is 8.07. The molecule has 0 radical (unpaired) electrons. The topological polar surface area (TPSA) is 55.6 Å². The van der Waals surface area contributed by atoms with Crippen LogP contribution in [0.1, 0.15) is 38.3 Å². The number of carbonyl (C=O) groups excluding carboxylic acids is 1. The van der Waals surface area contributed by atoms with Gasteiger partial charge in [0.2, 0.25) is 0 Å². The van der Waals surface area contributed by atoms with Crippen LogP contribution in [0.2, 0.25) is 0 Å². The summed E-state index contributed by atoms with van der Waals surface area (Å²) in [6.07, 6.45) is 1.52. The molecule has 1 aromatic rings. The zero-order chi connectivity index (χ0) is 13.8. The van der Waals surface area contributed by atoms with Gasteiger partial charge in [-0.15, -0.1) is 0 Å². The Kier molecular flexibility index (Phi) is 4.43. The standard InChI is InChI=1S/C15H22N2O2/c1-11(2)10-19-15(18)17-9-5-7-13(16)12-6-3-4-8-14(12)17/h3-4,6,8,11,13H,5,7,9-10,16H2,1-2H3. The molecule has 0 fully saturated rings. The average molecular weight is 262 g/mol. The number of para-hydroxylation sites is 1. The fourth-order valence-electron chi connectivity index (χ4n) is 2.30. The van der Waals surface area contributed by atoms with E-state index in [1.807, 2.05) is 38.1 Å². The summed E-state index contributed by atoms with van der Waals surface area (Å²) in [7, 11) is 0. The van der Waals surface area contributed by atoms with Crippen molar-refractivity contribution in [1.82, 2.24) is 0 Å². The van der Waals surface area contributed by atoms with E-state index in [9.17, 15) is 4.79 Å². The minimum absolute atomic E-state index is 0.000834. The number of nitrogens with two attached hydrogens (primary N) is 1. The highest BCUT2D eigenvalue weighted by molar-refractivity contribution is 5.89. The molecule has 19 heavy (non-hydrogen) atoms. The van der Waals surface area contributed by atoms with Gasteiger partial charge in [-0.25, -0.2) is 4.79 Å². The Morgan fingerprint density at radius 1 is 1.47 bits per heavy atom. The van der Waals surface area contributed by atoms with Crippen molar-refractivity contribution in [2.75, 3.05) is 18.1 Å². The minimum atomic E-state index is -0.268. The number of fused-ring (bicyclic) bond motifs is 1. The molecule has 104 valence electrons. The van der Waals surface area contributed by atoms with E-state index in [2.05, 4.69) is 0 Å². The van der Waals surface area contributed by atoms with Crippen LogP contribution in [0, 0.1) is 5.92 Å². The molecule has 1 heterocycles. The van der Waals surface area contributed by atoms with Gasteiger partial charge in [0.1, 0.15) is 0 Å². The molecule has 0 spiro atoms. The summed E-state index contributed by atoms with van der Waals surface area (Å²) < 4.78 is 5.34. The van der Waals surface area contributed by atoms with Gasteiger partial charge in [-0.3, -0.25) is 4.90 Å². The molecule has 4 heteroatoms. The number of rotatable bonds is 2. The Labute approximate surface area is 114 Å². The van der Waals surface area contributed by atoms with Crippen LogP contribution < -0.4 is 10.6 Å². The highest BCUT2D eigenvalue weighted by Crippen LogP contribution is 2.31. The second-order valence-electron chi connectivity index (χ2n) is 5.43. The number of amides is 1. The van der Waals surface area contributed by atoms with Crippen LogP contribution in [0.4, 0.5) is 10.5 Å². The molecule has 1 amide bonds. The SMILES string of the molecule is CC(C)COC(=O)N1CCCC(N)c2ccccc21. The zero-order valence-electron chi connectivity index (χ0n) is 11.6. The number of carbonyl (C=O) groups is 1. The van der Waals surface area contributed by atoms with E-state index < -0.39 is 0 Å². The van der Waals surface area contributed by atoms with E-state index in [1.54, 1.807) is 4.90 Å². The van der Waals surface area contributed by atoms with Crippen LogP contribution >= 0.6 is 0 Å². The van der Waals surface area contributed by atoms with Gasteiger partial charge >= 0.3 is 6.09 Å². The van der Waals surface area contributed by atoms with Gasteiger partial charge in [-0.05, 0) is 30.4 Å². The van der Waals surface area contributed by atoms with Gasteiger partial charge in [0.25, 0.3) is 0 Å². The van der Waals surface area contributed by atoms with E-state index >= 15 is 0 Å². The van der Waals surface area contributed by atoms with Crippen LogP contribution in [-0.4, -0.2) is 19.2 Å². The molecule has 0 saturated heterocycles. The number of hydrogen-bond donors (Lipinski definition) is 1. The van der Waals surface area contributed by atoms with Crippen LogP contribution in [-0.2, 0) is 4.74 Å². The van der Waals surface area contributed by atoms with Gasteiger partial charge in [0.05, 0.1) is 12.3 Å². The molecule has 1 aromatic carbocycles. The summed E-state index contributed by atoms with van der Waals surface area (Å²) in [5, 5.41) is 0. The molecular weight excluding hydrogens is 240 g/mol. The fraction of sp³-hybridized carbons (Fsp3) is 0.533. The molecule has 0 saturated carbocycles. The lowest BCUT2D eigenvalue weighted by atomic mass is 10.0. The minimum Gasteiger partial charge on any atom is -0.449 e. The molecule has 0 bridgehead atoms. The summed E-state index contributed by atoms with van der Waals surface area (Å²) >= 11 is 0. The van der Waals surface area contributed by atoms with E-state index in [-0.39, 0.29) is 12.1 Å². The first-order valence-corrected chi connectivity index (χ1v) is 6.88. The lowest BCUT2D eigenvalue weighted by molar-refractivity contribution is 0.140. The number of benzene rings is 1. The molecule has 2 rings (SSSR count). The van der Waals surface area contributed by atoms with E-state index in [0.29, 0.717) is 19.1 Å². The number of nitrogens with zero attached hydrogens (tertiary/aromatic N) is 1. The van der Waals surface area contributed by atoms with Crippen molar-refractivity contribution in [3.63, 3.8) is 0 Å². The van der Waals surface area contributed by atoms with E-state index in [4.69, 9.17) is 10.5 Å². The third-order valence-electron chi connectivity index (χ3n) is 3.28. The third kappa shape index (κ3) is 3.26. The smallest absolute Gasteiger partial charge is 0.414 e. The molecule has 1 aliphatic heterocycles. The van der Waals surface area contributed by atoms with Crippen molar-refractivity contribution < 1.29 is 9.53 Å². The van der Waals surface area contributed by atoms with Crippen molar-refractivity contribution in [2.24, 2.45) is 11.7 Å². The van der Waals surface area contributed by atoms with Crippen LogP contribution in [0.5, 0.6) is 0 Å². The van der Waals surface area contributed by atoms with Crippen molar-refractivity contribution in [1.29, 1.82) is 0 Å². The monoisotopic (exact) mass is 262 g/mol. The van der Waals surface area contributed by atoms with Crippen LogP contribution in [0.15, 0.2) is 24.3 Å². The largest absolute Gasteiger partial charge is 0.449 e. The first kappa shape index (κ1) is 13.9. The molecule has 1 aliphatic rings. The van der Waals surface area contributed by atoms with Crippen molar-refractivity contribution in [2.45, 2.75) is 32.7 Å². The predicted octanol–water partition coefficient (Wildman–Crippen LogP) is 3.08. The molecule has 1 atom stereocenters. The highest BCUT2D eigenvalue weighted by Gasteiger charge is 2.25. The summed E-state index contributed by atoms with van der Waals surface area (Å²) in [6.45, 7) is 5.17. The summed E-state index contributed by atoms with van der Waals surface area (Å²) in [5.74, 6) is 0.341. The van der Waals surface area contributed by atoms with Crippen LogP contribution in [0.3, 0.4) is 0 Å². The zero-order valence-corrected chi connectivity index (χ0v) is 11.6. The highest BCUT2D eigenvalue weighted by atomic mass is 16.6. The number of anilines is 1. The quantitative estimate of drug-likeness (QED) is 0.891. The second-order valence-corrected chi connectivity index (χ2v) is 5.43. The van der Waals surface area contributed by atoms with Gasteiger partial charge in [-0.2, -0.15) is 0 Å². The Morgan fingerprint density at radius 3 is 2.95 bits per heavy atom. The van der Waals surface area contributed by atoms with E-state index in [1.165, 1.54) is 0 Å². The number of hydrogen-bond acceptors (Lipinski definition) is 3. The van der Waals surface area contributed by atoms with E-state index in [0.717, 1.165) is 24.1 Å². The molecule has 4 nitrogen and oxygen atoms in total. The molecule has 2 N–H and O–H groups in total. The third-order valence-corrected chi connectivity index (χ3v) is 3.28. The summed E-state index contributed by atoms with van der Waals surface area (Å²) in [6, 6.07) is 7.82. The van der Waals surface area contributed by atoms with Crippen molar-refractivity contribution >= 4 is 11.8 Å². The normalized spacial score (nSPS) is 18.9. The van der Waals surface area contributed by atoms with Gasteiger partial charge in [0, 0.05) is 12.6 Å². The van der Waals surface area contributed by atoms with Gasteiger partial charge in [-0.1, -0.05) is 32.0 Å². The Balaban J connectivity index is 2.21. The maximum Gasteiger partial charge on any atom is 0.414 e. The lowest BCUT2D eigenvalue weighted by Gasteiger charge is -2.23. The Morgan fingerprint density at radius 2 is 2.21 bits per heavy atom. The fourth-order valence-corrected chi connectivity index (χ4v) is 2.30. The van der Waals surface area contributed by atoms with Crippen molar-refractivity contribution in [3.8, 4) is 0 Å². The van der Waals surface area contributed by atoms with Gasteiger partial charge < -0.3 is 10.5 Å². The predicted molar refractivity (Wildman–Crippen MR) is 76.1 cm³/mol. The maximum atomic E-state index is 12.2. The Bertz CT molecular complexity index is 446. The molecule has 0 aliphatic carbocycles. The Hall–Kier alpha value is -1.55. The lowest BCUT2D eigenvalue weighted by Crippen LogP contribution is -2.33. The molecule has 0 aromatic heterocycles. The van der Waals surface area contributed by atoms with Crippen molar-refractivity contribution in [3.05, 3.63) is 29.8 Å². The summed E-state index contributed by atoms with van der Waals surface area (Å²) in [4.78, 5) is 13.9. The molecular formula is C15H22N2O2.